The monoisotopic (exact) mass is 416 g/mol. The lowest BCUT2D eigenvalue weighted by Gasteiger charge is -2.33. The van der Waals surface area contributed by atoms with Crippen LogP contribution in [0.25, 0.3) is 16.7 Å². The molecule has 1 aromatic carbocycles. The Kier molecular flexibility index (Phi) is 5.07. The molecule has 1 aliphatic rings. The predicted octanol–water partition coefficient (Wildman–Crippen LogP) is 2.38. The molecule has 9 nitrogen and oxygen atoms in total. The fraction of sp³-hybridized carbons (Fsp3) is 0.318. The first-order valence-corrected chi connectivity index (χ1v) is 10.5. The van der Waals surface area contributed by atoms with Gasteiger partial charge in [-0.1, -0.05) is 17.7 Å². The molecule has 1 atom stereocenters. The van der Waals surface area contributed by atoms with Gasteiger partial charge < -0.3 is 10.2 Å². The zero-order valence-corrected chi connectivity index (χ0v) is 17.3. The highest BCUT2D eigenvalue weighted by Crippen LogP contribution is 2.28. The SMILES string of the molecule is Cc1ccc(-n2cc3c(N4CCCC(C(=O)NCc5cc[nH]n5)C4)ncnc3n2)cc1. The molecule has 0 radical (unpaired) electrons. The molecule has 9 heteroatoms. The van der Waals surface area contributed by atoms with Crippen molar-refractivity contribution in [2.75, 3.05) is 18.0 Å². The van der Waals surface area contributed by atoms with Crippen LogP contribution in [0.4, 0.5) is 5.82 Å². The van der Waals surface area contributed by atoms with Gasteiger partial charge in [-0.05, 0) is 38.0 Å². The maximum Gasteiger partial charge on any atom is 0.225 e. The summed E-state index contributed by atoms with van der Waals surface area (Å²) in [5.74, 6) is 0.784. The van der Waals surface area contributed by atoms with Gasteiger partial charge in [0.05, 0.1) is 29.2 Å². The number of amides is 1. The molecule has 1 unspecified atom stereocenters. The number of rotatable bonds is 5. The number of benzene rings is 1. The number of carbonyl (C=O) groups is 1. The van der Waals surface area contributed by atoms with Gasteiger partial charge in [0.1, 0.15) is 12.1 Å². The van der Waals surface area contributed by atoms with Gasteiger partial charge >= 0.3 is 0 Å². The molecule has 31 heavy (non-hydrogen) atoms. The molecule has 0 spiro atoms. The lowest BCUT2D eigenvalue weighted by molar-refractivity contribution is -0.125. The van der Waals surface area contributed by atoms with E-state index in [1.165, 1.54) is 5.56 Å². The van der Waals surface area contributed by atoms with E-state index in [1.807, 2.05) is 29.1 Å². The number of hydrogen-bond acceptors (Lipinski definition) is 6. The molecule has 1 amide bonds. The molecular weight excluding hydrogens is 392 g/mol. The summed E-state index contributed by atoms with van der Waals surface area (Å²) in [7, 11) is 0. The molecule has 2 N–H and O–H groups in total. The van der Waals surface area contributed by atoms with E-state index in [-0.39, 0.29) is 11.8 Å². The Labute approximate surface area is 179 Å². The minimum Gasteiger partial charge on any atom is -0.355 e. The van der Waals surface area contributed by atoms with Crippen LogP contribution >= 0.6 is 0 Å². The lowest BCUT2D eigenvalue weighted by atomic mass is 9.97. The van der Waals surface area contributed by atoms with Crippen molar-refractivity contribution in [2.45, 2.75) is 26.3 Å². The topological polar surface area (TPSA) is 105 Å². The first kappa shape index (κ1) is 19.2. The number of hydrogen-bond donors (Lipinski definition) is 2. The number of piperidine rings is 1. The van der Waals surface area contributed by atoms with Crippen LogP contribution in [0.3, 0.4) is 0 Å². The van der Waals surface area contributed by atoms with Crippen LogP contribution in [0, 0.1) is 12.8 Å². The highest BCUT2D eigenvalue weighted by atomic mass is 16.1. The minimum absolute atomic E-state index is 0.0494. The average molecular weight is 416 g/mol. The molecule has 0 saturated carbocycles. The largest absolute Gasteiger partial charge is 0.355 e. The van der Waals surface area contributed by atoms with Crippen LogP contribution in [0.2, 0.25) is 0 Å². The van der Waals surface area contributed by atoms with E-state index >= 15 is 0 Å². The molecule has 0 aliphatic carbocycles. The Morgan fingerprint density at radius 1 is 1.23 bits per heavy atom. The lowest BCUT2D eigenvalue weighted by Crippen LogP contribution is -2.43. The summed E-state index contributed by atoms with van der Waals surface area (Å²) in [6.45, 7) is 3.96. The van der Waals surface area contributed by atoms with Crippen molar-refractivity contribution >= 4 is 22.8 Å². The van der Waals surface area contributed by atoms with Gasteiger partial charge in [0, 0.05) is 25.5 Å². The van der Waals surface area contributed by atoms with Crippen molar-refractivity contribution in [1.29, 1.82) is 0 Å². The second kappa shape index (κ2) is 8.17. The van der Waals surface area contributed by atoms with Crippen molar-refractivity contribution in [3.8, 4) is 5.69 Å². The summed E-state index contributed by atoms with van der Waals surface area (Å²) < 4.78 is 1.83. The summed E-state index contributed by atoms with van der Waals surface area (Å²) in [6.07, 6.45) is 7.06. The number of nitrogens with one attached hydrogen (secondary N) is 2. The van der Waals surface area contributed by atoms with Crippen LogP contribution in [-0.2, 0) is 11.3 Å². The van der Waals surface area contributed by atoms with Gasteiger partial charge in [-0.3, -0.25) is 9.89 Å². The maximum absolute atomic E-state index is 12.7. The van der Waals surface area contributed by atoms with E-state index in [0.29, 0.717) is 18.7 Å². The highest BCUT2D eigenvalue weighted by Gasteiger charge is 2.28. The highest BCUT2D eigenvalue weighted by molar-refractivity contribution is 5.87. The van der Waals surface area contributed by atoms with E-state index in [0.717, 1.165) is 42.0 Å². The van der Waals surface area contributed by atoms with E-state index in [4.69, 9.17) is 0 Å². The molecule has 5 rings (SSSR count). The number of fused-ring (bicyclic) bond motifs is 1. The van der Waals surface area contributed by atoms with Gasteiger partial charge in [0.2, 0.25) is 5.91 Å². The summed E-state index contributed by atoms with van der Waals surface area (Å²) >= 11 is 0. The van der Waals surface area contributed by atoms with E-state index < -0.39 is 0 Å². The zero-order valence-electron chi connectivity index (χ0n) is 17.3. The van der Waals surface area contributed by atoms with Gasteiger partial charge in [-0.15, -0.1) is 5.10 Å². The Morgan fingerprint density at radius 3 is 2.90 bits per heavy atom. The molecule has 1 aliphatic heterocycles. The number of carbonyl (C=O) groups excluding carboxylic acids is 1. The van der Waals surface area contributed by atoms with Crippen LogP contribution in [0.1, 0.15) is 24.1 Å². The molecule has 1 saturated heterocycles. The van der Waals surface area contributed by atoms with Crippen molar-refractivity contribution in [2.24, 2.45) is 5.92 Å². The molecule has 4 aromatic rings. The van der Waals surface area contributed by atoms with Crippen LogP contribution in [-0.4, -0.2) is 48.9 Å². The normalized spacial score (nSPS) is 16.5. The summed E-state index contributed by atoms with van der Waals surface area (Å²) in [4.78, 5) is 23.8. The number of aromatic nitrogens is 6. The molecular formula is C22H24N8O. The quantitative estimate of drug-likeness (QED) is 0.518. The van der Waals surface area contributed by atoms with Crippen molar-refractivity contribution in [3.63, 3.8) is 0 Å². The number of nitrogens with zero attached hydrogens (tertiary/aromatic N) is 6. The third kappa shape index (κ3) is 3.98. The second-order valence-corrected chi connectivity index (χ2v) is 7.91. The van der Waals surface area contributed by atoms with Crippen LogP contribution in [0.5, 0.6) is 0 Å². The fourth-order valence-corrected chi connectivity index (χ4v) is 4.00. The first-order valence-electron chi connectivity index (χ1n) is 10.5. The molecule has 3 aromatic heterocycles. The van der Waals surface area contributed by atoms with E-state index in [2.05, 4.69) is 54.5 Å². The molecule has 1 fully saturated rings. The maximum atomic E-state index is 12.7. The van der Waals surface area contributed by atoms with Crippen LogP contribution < -0.4 is 10.2 Å². The standard InChI is InChI=1S/C22H24N8O/c1-15-4-6-18(7-5-15)30-13-19-20(28-30)24-14-25-21(19)29-10-2-3-16(12-29)22(31)23-11-17-8-9-26-27-17/h4-9,13-14,16H,2-3,10-12H2,1H3,(H,23,31)(H,26,27). The first-order chi connectivity index (χ1) is 15.2. The van der Waals surface area contributed by atoms with Crippen molar-refractivity contribution in [1.82, 2.24) is 35.3 Å². The average Bonchev–Trinajstić information content (AvgIpc) is 3.47. The summed E-state index contributed by atoms with van der Waals surface area (Å²) in [5, 5.41) is 15.4. The fourth-order valence-electron chi connectivity index (χ4n) is 4.00. The molecule has 158 valence electrons. The Balaban J connectivity index is 1.35. The van der Waals surface area contributed by atoms with Gasteiger partial charge in [0.15, 0.2) is 5.65 Å². The number of aryl methyl sites for hydroxylation is 1. The molecule has 4 heterocycles. The number of anilines is 1. The van der Waals surface area contributed by atoms with E-state index in [9.17, 15) is 4.79 Å². The van der Waals surface area contributed by atoms with Gasteiger partial charge in [-0.25, -0.2) is 14.6 Å². The van der Waals surface area contributed by atoms with Gasteiger partial charge in [0.25, 0.3) is 0 Å². The smallest absolute Gasteiger partial charge is 0.225 e. The Morgan fingerprint density at radius 2 is 2.10 bits per heavy atom. The van der Waals surface area contributed by atoms with Crippen molar-refractivity contribution in [3.05, 3.63) is 60.3 Å². The van der Waals surface area contributed by atoms with Gasteiger partial charge in [-0.2, -0.15) is 5.10 Å². The Hall–Kier alpha value is -3.75. The zero-order chi connectivity index (χ0) is 21.2. The van der Waals surface area contributed by atoms with Crippen molar-refractivity contribution < 1.29 is 4.79 Å². The predicted molar refractivity (Wildman–Crippen MR) is 117 cm³/mol. The second-order valence-electron chi connectivity index (χ2n) is 7.91. The molecule has 0 bridgehead atoms. The number of aromatic amines is 1. The minimum atomic E-state index is -0.0927. The van der Waals surface area contributed by atoms with E-state index in [1.54, 1.807) is 12.5 Å². The summed E-state index contributed by atoms with van der Waals surface area (Å²) in [6, 6.07) is 10.1. The van der Waals surface area contributed by atoms with Crippen LogP contribution in [0.15, 0.2) is 49.1 Å². The summed E-state index contributed by atoms with van der Waals surface area (Å²) in [5.41, 5.74) is 3.65. The Bertz CT molecular complexity index is 1180. The number of H-pyrrole nitrogens is 1. The third-order valence-electron chi connectivity index (χ3n) is 5.69. The third-order valence-corrected chi connectivity index (χ3v) is 5.69.